The van der Waals surface area contributed by atoms with Gasteiger partial charge in [0.1, 0.15) is 5.69 Å². The molecule has 0 saturated heterocycles. The van der Waals surface area contributed by atoms with E-state index in [9.17, 15) is 14.7 Å². The van der Waals surface area contributed by atoms with Crippen LogP contribution >= 0.6 is 0 Å². The Labute approximate surface area is 113 Å². The van der Waals surface area contributed by atoms with Crippen molar-refractivity contribution >= 4 is 17.6 Å². The summed E-state index contributed by atoms with van der Waals surface area (Å²) in [5.74, 6) is -2.05. The lowest BCUT2D eigenvalue weighted by atomic mass is 10.2. The van der Waals surface area contributed by atoms with E-state index in [2.05, 4.69) is 14.8 Å². The number of carboxylic acids is 1. The maximum Gasteiger partial charge on any atom is 0.360 e. The van der Waals surface area contributed by atoms with Crippen molar-refractivity contribution in [2.75, 3.05) is 12.8 Å². The Morgan fingerprint density at radius 3 is 2.80 bits per heavy atom. The molecule has 0 spiro atoms. The van der Waals surface area contributed by atoms with E-state index >= 15 is 0 Å². The zero-order valence-electron chi connectivity index (χ0n) is 10.6. The van der Waals surface area contributed by atoms with E-state index in [0.29, 0.717) is 0 Å². The topological polar surface area (TPSA) is 120 Å². The predicted molar refractivity (Wildman–Crippen MR) is 68.3 cm³/mol. The summed E-state index contributed by atoms with van der Waals surface area (Å²) >= 11 is 0. The highest BCUT2D eigenvalue weighted by molar-refractivity contribution is 6.00. The lowest BCUT2D eigenvalue weighted by Gasteiger charge is -2.04. The molecule has 0 radical (unpaired) electrons. The number of esters is 1. The molecule has 104 valence electrons. The third-order valence-corrected chi connectivity index (χ3v) is 2.63. The van der Waals surface area contributed by atoms with Crippen molar-refractivity contribution in [1.29, 1.82) is 0 Å². The zero-order chi connectivity index (χ0) is 14.7. The van der Waals surface area contributed by atoms with Gasteiger partial charge in [0.25, 0.3) is 0 Å². The Bertz CT molecular complexity index is 651. The maximum absolute atomic E-state index is 11.5. The van der Waals surface area contributed by atoms with Crippen molar-refractivity contribution in [2.45, 2.75) is 6.54 Å². The van der Waals surface area contributed by atoms with Gasteiger partial charge in [-0.25, -0.2) is 9.59 Å². The molecule has 0 aliphatic carbocycles. The van der Waals surface area contributed by atoms with Crippen molar-refractivity contribution in [1.82, 2.24) is 14.8 Å². The van der Waals surface area contributed by atoms with E-state index in [0.717, 1.165) is 10.2 Å². The maximum atomic E-state index is 11.5. The Morgan fingerprint density at radius 1 is 1.50 bits per heavy atom. The van der Waals surface area contributed by atoms with E-state index in [1.807, 2.05) is 0 Å². The highest BCUT2D eigenvalue weighted by Crippen LogP contribution is 2.19. The van der Waals surface area contributed by atoms with Crippen molar-refractivity contribution < 1.29 is 19.4 Å². The first-order valence-electron chi connectivity index (χ1n) is 5.61. The highest BCUT2D eigenvalue weighted by Gasteiger charge is 2.25. The molecule has 2 rings (SSSR count). The first kappa shape index (κ1) is 13.5. The summed E-state index contributed by atoms with van der Waals surface area (Å²) < 4.78 is 5.66. The number of carbonyl (C=O) groups excluding carboxylic acids is 1. The van der Waals surface area contributed by atoms with Crippen LogP contribution < -0.4 is 5.73 Å². The number of nitrogens with zero attached hydrogens (tertiary/aromatic N) is 3. The molecule has 2 aromatic heterocycles. The number of carbonyl (C=O) groups is 2. The van der Waals surface area contributed by atoms with Crippen LogP contribution in [0.2, 0.25) is 0 Å². The van der Waals surface area contributed by atoms with Gasteiger partial charge in [0.05, 0.1) is 13.7 Å². The average Bonchev–Trinajstić information content (AvgIpc) is 2.76. The van der Waals surface area contributed by atoms with E-state index in [1.54, 1.807) is 24.5 Å². The smallest absolute Gasteiger partial charge is 0.360 e. The van der Waals surface area contributed by atoms with Crippen molar-refractivity contribution in [2.24, 2.45) is 0 Å². The lowest BCUT2D eigenvalue weighted by Crippen LogP contribution is -2.12. The third-order valence-electron chi connectivity index (χ3n) is 2.63. The normalized spacial score (nSPS) is 10.2. The van der Waals surface area contributed by atoms with Gasteiger partial charge in [-0.05, 0) is 11.6 Å². The molecular formula is C12H12N4O4. The second kappa shape index (κ2) is 5.39. The lowest BCUT2D eigenvalue weighted by molar-refractivity contribution is 0.0593. The fourth-order valence-corrected chi connectivity index (χ4v) is 1.73. The highest BCUT2D eigenvalue weighted by atomic mass is 16.5. The Kier molecular flexibility index (Phi) is 3.65. The monoisotopic (exact) mass is 276 g/mol. The van der Waals surface area contributed by atoms with Gasteiger partial charge in [-0.3, -0.25) is 9.67 Å². The Balaban J connectivity index is 2.46. The number of hydrogen-bond donors (Lipinski definition) is 2. The van der Waals surface area contributed by atoms with Crippen LogP contribution in [0.25, 0.3) is 0 Å². The molecule has 0 atom stereocenters. The number of ether oxygens (including phenoxy) is 1. The second-order valence-electron chi connectivity index (χ2n) is 3.93. The molecule has 0 amide bonds. The molecule has 3 N–H and O–H groups in total. The molecule has 0 aliphatic rings. The van der Waals surface area contributed by atoms with Gasteiger partial charge in [-0.1, -0.05) is 6.07 Å². The van der Waals surface area contributed by atoms with Gasteiger partial charge < -0.3 is 15.6 Å². The van der Waals surface area contributed by atoms with Crippen LogP contribution in [0.5, 0.6) is 0 Å². The minimum absolute atomic E-state index is 0.136. The van der Waals surface area contributed by atoms with Gasteiger partial charge in [0, 0.05) is 12.4 Å². The van der Waals surface area contributed by atoms with Crippen LogP contribution in [0.3, 0.4) is 0 Å². The van der Waals surface area contributed by atoms with Gasteiger partial charge >= 0.3 is 11.9 Å². The molecule has 0 aliphatic heterocycles. The number of nitrogen functional groups attached to an aromatic ring is 1. The van der Waals surface area contributed by atoms with Crippen molar-refractivity contribution in [3.63, 3.8) is 0 Å². The minimum Gasteiger partial charge on any atom is -0.476 e. The summed E-state index contributed by atoms with van der Waals surface area (Å²) in [7, 11) is 1.17. The quantitative estimate of drug-likeness (QED) is 0.775. The SMILES string of the molecule is COC(=O)c1nn(Cc2cccnc2)c(C(=O)O)c1N. The van der Waals surface area contributed by atoms with E-state index < -0.39 is 11.9 Å². The van der Waals surface area contributed by atoms with E-state index in [1.165, 1.54) is 7.11 Å². The number of pyridine rings is 1. The predicted octanol–water partition coefficient (Wildman–Crippen LogP) is 0.393. The summed E-state index contributed by atoms with van der Waals surface area (Å²) in [4.78, 5) is 26.7. The van der Waals surface area contributed by atoms with Gasteiger partial charge in [0.15, 0.2) is 11.4 Å². The zero-order valence-corrected chi connectivity index (χ0v) is 10.6. The average molecular weight is 276 g/mol. The first-order valence-corrected chi connectivity index (χ1v) is 5.61. The number of hydrogen-bond acceptors (Lipinski definition) is 6. The standard InChI is InChI=1S/C12H12N4O4/c1-20-12(19)9-8(13)10(11(17)18)16(15-9)6-7-3-2-4-14-5-7/h2-5H,6,13H2,1H3,(H,17,18). The molecule has 0 fully saturated rings. The number of rotatable bonds is 4. The van der Waals surface area contributed by atoms with Crippen LogP contribution in [-0.4, -0.2) is 38.9 Å². The number of anilines is 1. The molecular weight excluding hydrogens is 264 g/mol. The van der Waals surface area contributed by atoms with Crippen LogP contribution in [0.4, 0.5) is 5.69 Å². The minimum atomic E-state index is -1.27. The molecule has 0 unspecified atom stereocenters. The van der Waals surface area contributed by atoms with E-state index in [-0.39, 0.29) is 23.6 Å². The Hall–Kier alpha value is -2.90. The number of aromatic carboxylic acids is 1. The molecule has 20 heavy (non-hydrogen) atoms. The Morgan fingerprint density at radius 2 is 2.25 bits per heavy atom. The van der Waals surface area contributed by atoms with Crippen LogP contribution in [-0.2, 0) is 11.3 Å². The molecule has 0 saturated carbocycles. The number of carboxylic acid groups (broad SMARTS) is 1. The van der Waals surface area contributed by atoms with Crippen LogP contribution in [0.15, 0.2) is 24.5 Å². The molecule has 8 nitrogen and oxygen atoms in total. The molecule has 2 heterocycles. The largest absolute Gasteiger partial charge is 0.476 e. The summed E-state index contributed by atoms with van der Waals surface area (Å²) in [5, 5.41) is 13.1. The van der Waals surface area contributed by atoms with Crippen LogP contribution in [0, 0.1) is 0 Å². The van der Waals surface area contributed by atoms with Crippen molar-refractivity contribution in [3.05, 3.63) is 41.5 Å². The van der Waals surface area contributed by atoms with E-state index in [4.69, 9.17) is 5.73 Å². The molecule has 0 aromatic carbocycles. The fourth-order valence-electron chi connectivity index (χ4n) is 1.73. The van der Waals surface area contributed by atoms with Gasteiger partial charge in [0.2, 0.25) is 0 Å². The second-order valence-corrected chi connectivity index (χ2v) is 3.93. The van der Waals surface area contributed by atoms with Gasteiger partial charge in [-0.2, -0.15) is 5.10 Å². The van der Waals surface area contributed by atoms with Gasteiger partial charge in [-0.15, -0.1) is 0 Å². The summed E-state index contributed by atoms with van der Waals surface area (Å²) in [6, 6.07) is 3.47. The van der Waals surface area contributed by atoms with Crippen molar-refractivity contribution in [3.8, 4) is 0 Å². The number of methoxy groups -OCH3 is 1. The molecule has 0 bridgehead atoms. The summed E-state index contributed by atoms with van der Waals surface area (Å²) in [5.41, 5.74) is 5.70. The summed E-state index contributed by atoms with van der Waals surface area (Å²) in [6.45, 7) is 0.136. The number of aromatic nitrogens is 3. The fraction of sp³-hybridized carbons (Fsp3) is 0.167. The molecule has 8 heteroatoms. The van der Waals surface area contributed by atoms with Crippen LogP contribution in [0.1, 0.15) is 26.5 Å². The molecule has 2 aromatic rings. The summed E-state index contributed by atoms with van der Waals surface area (Å²) in [6.07, 6.45) is 3.17. The first-order chi connectivity index (χ1) is 9.54. The number of nitrogens with two attached hydrogens (primary N) is 1. The third kappa shape index (κ3) is 2.44.